The molecule has 3 fully saturated rings. The maximum absolute atomic E-state index is 10.8. The van der Waals surface area contributed by atoms with E-state index >= 15 is 0 Å². The molecule has 3 nitrogen and oxygen atoms in total. The van der Waals surface area contributed by atoms with Crippen molar-refractivity contribution in [3.8, 4) is 0 Å². The van der Waals surface area contributed by atoms with Crippen molar-refractivity contribution in [2.75, 3.05) is 0 Å². The fourth-order valence-electron chi connectivity index (χ4n) is 6.33. The highest BCUT2D eigenvalue weighted by Crippen LogP contribution is 2.74. The second kappa shape index (κ2) is 4.64. The summed E-state index contributed by atoms with van der Waals surface area (Å²) in [5, 5.41) is 10.8. The van der Waals surface area contributed by atoms with Gasteiger partial charge in [-0.3, -0.25) is 0 Å². The molecule has 2 heterocycles. The van der Waals surface area contributed by atoms with Gasteiger partial charge in [-0.15, -0.1) is 0 Å². The molecule has 0 aromatic carbocycles. The van der Waals surface area contributed by atoms with Crippen molar-refractivity contribution >= 4 is 0 Å². The second-order valence-corrected chi connectivity index (χ2v) is 9.23. The topological polar surface area (TPSA) is 45.9 Å². The number of hydrogen-bond donors (Lipinski definition) is 1. The van der Waals surface area contributed by atoms with Crippen molar-refractivity contribution in [1.29, 1.82) is 0 Å². The zero-order valence-corrected chi connectivity index (χ0v) is 14.9. The van der Waals surface area contributed by atoms with Gasteiger partial charge in [0.15, 0.2) is 0 Å². The summed E-state index contributed by atoms with van der Waals surface area (Å²) in [6.07, 6.45) is 9.79. The fraction of sp³-hybridized carbons (Fsp3) is 0.800. The Morgan fingerprint density at radius 1 is 1.22 bits per heavy atom. The number of furan rings is 1. The molecule has 1 aliphatic heterocycles. The number of rotatable bonds is 3. The van der Waals surface area contributed by atoms with E-state index < -0.39 is 0 Å². The molecule has 4 rings (SSSR count). The van der Waals surface area contributed by atoms with Gasteiger partial charge in [-0.25, -0.2) is 0 Å². The monoisotopic (exact) mass is 318 g/mol. The van der Waals surface area contributed by atoms with Gasteiger partial charge in [0.1, 0.15) is 11.2 Å². The van der Waals surface area contributed by atoms with Gasteiger partial charge in [0.05, 0.1) is 18.6 Å². The molecule has 1 N–H and O–H groups in total. The first-order valence-corrected chi connectivity index (χ1v) is 9.15. The van der Waals surface area contributed by atoms with E-state index in [-0.39, 0.29) is 28.1 Å². The first kappa shape index (κ1) is 15.7. The fourth-order valence-corrected chi connectivity index (χ4v) is 6.33. The SMILES string of the molecule is CC1(C)CCC[C@]2(C)[C@@H]1C[C@@H](O)[C@]1(C)O[C@@]12CCc1ccoc1. The van der Waals surface area contributed by atoms with E-state index in [1.54, 1.807) is 6.26 Å². The summed E-state index contributed by atoms with van der Waals surface area (Å²) in [7, 11) is 0. The lowest BCUT2D eigenvalue weighted by molar-refractivity contribution is -0.0999. The van der Waals surface area contributed by atoms with Crippen molar-refractivity contribution in [2.45, 2.75) is 83.5 Å². The van der Waals surface area contributed by atoms with E-state index in [0.29, 0.717) is 5.92 Å². The maximum Gasteiger partial charge on any atom is 0.121 e. The molecule has 0 unspecified atom stereocenters. The molecule has 0 spiro atoms. The summed E-state index contributed by atoms with van der Waals surface area (Å²) in [5.41, 5.74) is 1.12. The molecule has 1 saturated heterocycles. The number of fused-ring (bicyclic) bond motifs is 3. The van der Waals surface area contributed by atoms with Crippen LogP contribution in [-0.2, 0) is 11.2 Å². The zero-order chi connectivity index (χ0) is 16.5. The van der Waals surface area contributed by atoms with Crippen LogP contribution in [0.15, 0.2) is 23.0 Å². The van der Waals surface area contributed by atoms with Crippen LogP contribution in [0.25, 0.3) is 0 Å². The summed E-state index contributed by atoms with van der Waals surface area (Å²) in [4.78, 5) is 0. The first-order chi connectivity index (χ1) is 10.8. The molecule has 0 bridgehead atoms. The van der Waals surface area contributed by atoms with Gasteiger partial charge >= 0.3 is 0 Å². The van der Waals surface area contributed by atoms with Crippen molar-refractivity contribution < 1.29 is 14.3 Å². The van der Waals surface area contributed by atoms with Gasteiger partial charge in [-0.05, 0) is 62.0 Å². The van der Waals surface area contributed by atoms with Crippen molar-refractivity contribution in [1.82, 2.24) is 0 Å². The van der Waals surface area contributed by atoms with Crippen LogP contribution in [0, 0.1) is 16.7 Å². The number of ether oxygens (including phenoxy) is 1. The summed E-state index contributed by atoms with van der Waals surface area (Å²) in [6, 6.07) is 2.04. The normalized spacial score (nSPS) is 47.7. The largest absolute Gasteiger partial charge is 0.472 e. The van der Waals surface area contributed by atoms with E-state index in [0.717, 1.165) is 19.3 Å². The lowest BCUT2D eigenvalue weighted by Gasteiger charge is -2.57. The van der Waals surface area contributed by atoms with Gasteiger partial charge in [0.2, 0.25) is 0 Å². The van der Waals surface area contributed by atoms with Crippen LogP contribution < -0.4 is 0 Å². The predicted molar refractivity (Wildman–Crippen MR) is 89.1 cm³/mol. The summed E-state index contributed by atoms with van der Waals surface area (Å²) in [6.45, 7) is 9.34. The lowest BCUT2D eigenvalue weighted by atomic mass is 9.45. The molecular weight excluding hydrogens is 288 g/mol. The van der Waals surface area contributed by atoms with Gasteiger partial charge in [-0.1, -0.05) is 27.2 Å². The molecule has 0 amide bonds. The molecule has 1 aromatic rings. The van der Waals surface area contributed by atoms with E-state index in [2.05, 4.69) is 27.7 Å². The minimum atomic E-state index is -0.366. The van der Waals surface area contributed by atoms with Gasteiger partial charge in [0, 0.05) is 5.41 Å². The van der Waals surface area contributed by atoms with Gasteiger partial charge in [-0.2, -0.15) is 0 Å². The Kier molecular flexibility index (Phi) is 3.17. The van der Waals surface area contributed by atoms with Crippen LogP contribution in [0.4, 0.5) is 0 Å². The van der Waals surface area contributed by atoms with Crippen LogP contribution in [0.5, 0.6) is 0 Å². The Labute approximate surface area is 139 Å². The van der Waals surface area contributed by atoms with E-state index in [1.807, 2.05) is 12.3 Å². The minimum absolute atomic E-state index is 0.159. The van der Waals surface area contributed by atoms with E-state index in [4.69, 9.17) is 9.15 Å². The van der Waals surface area contributed by atoms with E-state index in [1.165, 1.54) is 24.8 Å². The molecule has 2 aliphatic carbocycles. The third kappa shape index (κ3) is 1.90. The Morgan fingerprint density at radius 3 is 2.70 bits per heavy atom. The Hall–Kier alpha value is -0.800. The summed E-state index contributed by atoms with van der Waals surface area (Å²) in [5.74, 6) is 0.527. The second-order valence-electron chi connectivity index (χ2n) is 9.23. The lowest BCUT2D eigenvalue weighted by Crippen LogP contribution is -2.60. The van der Waals surface area contributed by atoms with E-state index in [9.17, 15) is 5.11 Å². The molecule has 0 radical (unpaired) electrons. The van der Waals surface area contributed by atoms with Crippen LogP contribution >= 0.6 is 0 Å². The smallest absolute Gasteiger partial charge is 0.121 e. The number of epoxide rings is 1. The van der Waals surface area contributed by atoms with Crippen LogP contribution in [0.2, 0.25) is 0 Å². The highest BCUT2D eigenvalue weighted by Gasteiger charge is 2.81. The molecule has 5 atom stereocenters. The zero-order valence-electron chi connectivity index (χ0n) is 14.9. The maximum atomic E-state index is 10.8. The Balaban J connectivity index is 1.69. The number of aliphatic hydroxyl groups is 1. The molecular formula is C20H30O3. The molecule has 1 aromatic heterocycles. The number of aliphatic hydroxyl groups excluding tert-OH is 1. The van der Waals surface area contributed by atoms with Gasteiger partial charge < -0.3 is 14.3 Å². The standard InChI is InChI=1S/C20H30O3/c1-17(2)8-5-9-18(3)15(17)12-16(21)19(4)20(18,23-19)10-6-14-7-11-22-13-14/h7,11,13,15-16,21H,5-6,8-10,12H2,1-4H3/t15-,16-,18-,19+,20-/m1/s1. The Morgan fingerprint density at radius 2 is 2.00 bits per heavy atom. The number of aryl methyl sites for hydroxylation is 1. The number of hydrogen-bond acceptors (Lipinski definition) is 3. The Bertz CT molecular complexity index is 592. The molecule has 23 heavy (non-hydrogen) atoms. The third-order valence-corrected chi connectivity index (χ3v) is 7.74. The highest BCUT2D eigenvalue weighted by atomic mass is 16.6. The van der Waals surface area contributed by atoms with Crippen LogP contribution in [0.3, 0.4) is 0 Å². The van der Waals surface area contributed by atoms with Crippen molar-refractivity contribution in [2.24, 2.45) is 16.7 Å². The van der Waals surface area contributed by atoms with Crippen molar-refractivity contribution in [3.05, 3.63) is 24.2 Å². The quantitative estimate of drug-likeness (QED) is 0.843. The summed E-state index contributed by atoms with van der Waals surface area (Å²) >= 11 is 0. The average molecular weight is 318 g/mol. The third-order valence-electron chi connectivity index (χ3n) is 7.74. The first-order valence-electron chi connectivity index (χ1n) is 9.15. The predicted octanol–water partition coefficient (Wildman–Crippen LogP) is 4.34. The van der Waals surface area contributed by atoms with Gasteiger partial charge in [0.25, 0.3) is 0 Å². The van der Waals surface area contributed by atoms with Crippen LogP contribution in [0.1, 0.15) is 65.4 Å². The van der Waals surface area contributed by atoms with Crippen molar-refractivity contribution in [3.63, 3.8) is 0 Å². The molecule has 128 valence electrons. The minimum Gasteiger partial charge on any atom is -0.472 e. The molecule has 2 saturated carbocycles. The molecule has 3 aliphatic rings. The average Bonchev–Trinajstić information content (AvgIpc) is 2.87. The molecule has 3 heteroatoms. The summed E-state index contributed by atoms with van der Waals surface area (Å²) < 4.78 is 11.7. The highest BCUT2D eigenvalue weighted by molar-refractivity contribution is 5.30. The van der Waals surface area contributed by atoms with Crippen LogP contribution in [-0.4, -0.2) is 22.4 Å².